The molecule has 2 unspecified atom stereocenters. The van der Waals surface area contributed by atoms with Crippen LogP contribution in [0.5, 0.6) is 0 Å². The Morgan fingerprint density at radius 2 is 1.92 bits per heavy atom. The highest BCUT2D eigenvalue weighted by atomic mass is 19.1. The summed E-state index contributed by atoms with van der Waals surface area (Å²) >= 11 is 0. The molecule has 1 aliphatic carbocycles. The highest BCUT2D eigenvalue weighted by Gasteiger charge is 2.42. The molecule has 4 heterocycles. The number of aromatic nitrogens is 6. The number of anilines is 3. The summed E-state index contributed by atoms with van der Waals surface area (Å²) in [6, 6.07) is 3.55. The van der Waals surface area contributed by atoms with Crippen LogP contribution >= 0.6 is 0 Å². The number of aromatic amines is 1. The minimum absolute atomic E-state index is 0.0970. The van der Waals surface area contributed by atoms with E-state index in [1.54, 1.807) is 0 Å². The van der Waals surface area contributed by atoms with Gasteiger partial charge in [-0.05, 0) is 80.3 Å². The Bertz CT molecular complexity index is 1400. The summed E-state index contributed by atoms with van der Waals surface area (Å²) in [6.07, 6.45) is 7.19. The highest BCUT2D eigenvalue weighted by Crippen LogP contribution is 2.44. The number of hydrogen-bond acceptors (Lipinski definition) is 7. The fourth-order valence-electron chi connectivity index (χ4n) is 5.84. The van der Waals surface area contributed by atoms with Crippen molar-refractivity contribution in [2.24, 2.45) is 7.05 Å². The van der Waals surface area contributed by atoms with Gasteiger partial charge in [0.25, 0.3) is 0 Å². The molecular formula is C25H32F2N9O+. The Balaban J connectivity index is 1.24. The zero-order valence-electron chi connectivity index (χ0n) is 21.3. The lowest BCUT2D eigenvalue weighted by Crippen LogP contribution is -2.50. The van der Waals surface area contributed by atoms with Crippen LogP contribution in [0.1, 0.15) is 63.9 Å². The van der Waals surface area contributed by atoms with Crippen LogP contribution in [0.15, 0.2) is 23.1 Å². The first-order chi connectivity index (χ1) is 17.7. The van der Waals surface area contributed by atoms with Gasteiger partial charge in [-0.2, -0.15) is 13.8 Å². The van der Waals surface area contributed by atoms with Crippen molar-refractivity contribution in [3.05, 3.63) is 46.0 Å². The van der Waals surface area contributed by atoms with Crippen LogP contribution in [0.3, 0.4) is 0 Å². The second-order valence-corrected chi connectivity index (χ2v) is 11.1. The van der Waals surface area contributed by atoms with Crippen molar-refractivity contribution < 1.29 is 13.8 Å². The quantitative estimate of drug-likeness (QED) is 0.523. The summed E-state index contributed by atoms with van der Waals surface area (Å²) in [5, 5.41) is 13.9. The van der Waals surface area contributed by atoms with E-state index in [-0.39, 0.29) is 35.0 Å². The number of piperidine rings is 1. The van der Waals surface area contributed by atoms with Gasteiger partial charge in [0.2, 0.25) is 11.6 Å². The minimum atomic E-state index is -0.504. The van der Waals surface area contributed by atoms with Gasteiger partial charge >= 0.3 is 11.6 Å². The maximum Gasteiger partial charge on any atom is 0.396 e. The Morgan fingerprint density at radius 3 is 2.65 bits per heavy atom. The number of halogens is 2. The average Bonchev–Trinajstić information content (AvgIpc) is 3.60. The first-order valence-electron chi connectivity index (χ1n) is 12.9. The number of H-pyrrole nitrogens is 1. The molecule has 0 spiro atoms. The van der Waals surface area contributed by atoms with Crippen molar-refractivity contribution in [2.75, 3.05) is 17.2 Å². The van der Waals surface area contributed by atoms with Crippen LogP contribution in [0.2, 0.25) is 0 Å². The van der Waals surface area contributed by atoms with E-state index < -0.39 is 17.3 Å². The first kappa shape index (κ1) is 24.0. The number of rotatable bonds is 6. The molecule has 3 N–H and O–H groups in total. The highest BCUT2D eigenvalue weighted by molar-refractivity contribution is 5.61. The molecule has 0 bridgehead atoms. The summed E-state index contributed by atoms with van der Waals surface area (Å²) in [4.78, 5) is 22.2. The zero-order valence-corrected chi connectivity index (χ0v) is 21.3. The van der Waals surface area contributed by atoms with Gasteiger partial charge in [-0.25, -0.2) is 19.5 Å². The summed E-state index contributed by atoms with van der Waals surface area (Å²) in [5.74, 6) is -0.518. The molecule has 1 saturated carbocycles. The third-order valence-corrected chi connectivity index (χ3v) is 8.05. The molecular weight excluding hydrogens is 480 g/mol. The Labute approximate surface area is 213 Å². The monoisotopic (exact) mass is 512 g/mol. The number of nitrogens with zero attached hydrogens (tertiary/aromatic N) is 6. The number of hydrogen-bond donors (Lipinski definition) is 2. The van der Waals surface area contributed by atoms with Crippen molar-refractivity contribution in [3.8, 4) is 5.69 Å². The van der Waals surface area contributed by atoms with E-state index in [1.165, 1.54) is 36.5 Å². The van der Waals surface area contributed by atoms with Gasteiger partial charge in [-0.3, -0.25) is 4.90 Å². The third-order valence-electron chi connectivity index (χ3n) is 8.05. The van der Waals surface area contributed by atoms with Crippen molar-refractivity contribution in [1.29, 1.82) is 0 Å². The number of benzene rings is 1. The molecule has 2 saturated heterocycles. The van der Waals surface area contributed by atoms with Crippen molar-refractivity contribution in [1.82, 2.24) is 29.7 Å². The van der Waals surface area contributed by atoms with Gasteiger partial charge in [0, 0.05) is 37.3 Å². The number of tetrazole rings is 1. The summed E-state index contributed by atoms with van der Waals surface area (Å²) in [7, 11) is 1.51. The molecule has 2 aromatic heterocycles. The van der Waals surface area contributed by atoms with E-state index >= 15 is 4.39 Å². The van der Waals surface area contributed by atoms with Gasteiger partial charge in [-0.15, -0.1) is 0 Å². The second-order valence-electron chi connectivity index (χ2n) is 11.1. The average molecular weight is 513 g/mol. The third kappa shape index (κ3) is 4.47. The lowest BCUT2D eigenvalue weighted by atomic mass is 9.97. The SMILES string of the molecule is Cn1nnn(-c2cc(Nc3nc(NC4CCN5C(CCC5(C)C)C4)c(F)c[nH+]3)c(F)cc2C2CC2)c1=O. The first-order valence-corrected chi connectivity index (χ1v) is 12.9. The molecule has 37 heavy (non-hydrogen) atoms. The van der Waals surface area contributed by atoms with Crippen LogP contribution in [-0.2, 0) is 7.05 Å². The summed E-state index contributed by atoms with van der Waals surface area (Å²) in [6.45, 7) is 5.54. The van der Waals surface area contributed by atoms with E-state index in [4.69, 9.17) is 0 Å². The summed E-state index contributed by atoms with van der Waals surface area (Å²) < 4.78 is 32.1. The zero-order chi connectivity index (χ0) is 25.9. The molecule has 0 amide bonds. The van der Waals surface area contributed by atoms with Crippen LogP contribution in [0.25, 0.3) is 5.69 Å². The molecule has 12 heteroatoms. The van der Waals surface area contributed by atoms with Crippen LogP contribution < -0.4 is 21.3 Å². The van der Waals surface area contributed by atoms with E-state index in [9.17, 15) is 9.18 Å². The Kier molecular flexibility index (Phi) is 5.74. The van der Waals surface area contributed by atoms with E-state index in [1.807, 2.05) is 0 Å². The van der Waals surface area contributed by atoms with Crippen molar-refractivity contribution in [2.45, 2.75) is 75.9 Å². The second kappa shape index (κ2) is 8.86. The topological polar surface area (TPSA) is 107 Å². The number of fused-ring (bicyclic) bond motifs is 1. The normalized spacial score (nSPS) is 23.2. The van der Waals surface area contributed by atoms with E-state index in [0.29, 0.717) is 17.3 Å². The number of nitrogens with one attached hydrogen (secondary N) is 3. The predicted octanol–water partition coefficient (Wildman–Crippen LogP) is 2.89. The van der Waals surface area contributed by atoms with Crippen molar-refractivity contribution in [3.63, 3.8) is 0 Å². The smallest absolute Gasteiger partial charge is 0.351 e. The Morgan fingerprint density at radius 1 is 1.11 bits per heavy atom. The lowest BCUT2D eigenvalue weighted by Gasteiger charge is -2.41. The maximum atomic E-state index is 15.1. The van der Waals surface area contributed by atoms with Gasteiger partial charge < -0.3 is 5.32 Å². The number of aryl methyl sites for hydroxylation is 1. The molecule has 3 aromatic rings. The molecule has 2 aliphatic heterocycles. The van der Waals surface area contributed by atoms with Gasteiger partial charge in [0.15, 0.2) is 5.82 Å². The molecule has 6 rings (SSSR count). The largest absolute Gasteiger partial charge is 0.396 e. The molecule has 10 nitrogen and oxygen atoms in total. The fraction of sp³-hybridized carbons (Fsp3) is 0.560. The van der Waals surface area contributed by atoms with Crippen molar-refractivity contribution >= 4 is 17.5 Å². The van der Waals surface area contributed by atoms with E-state index in [0.717, 1.165) is 43.3 Å². The molecule has 3 fully saturated rings. The van der Waals surface area contributed by atoms with E-state index in [2.05, 4.69) is 49.8 Å². The lowest BCUT2D eigenvalue weighted by molar-refractivity contribution is -0.367. The molecule has 0 radical (unpaired) electrons. The molecule has 1 aromatic carbocycles. The summed E-state index contributed by atoms with van der Waals surface area (Å²) in [5.41, 5.74) is 1.07. The van der Waals surface area contributed by atoms with Crippen LogP contribution in [0.4, 0.5) is 26.2 Å². The molecule has 2 atom stereocenters. The Hall–Kier alpha value is -3.41. The van der Waals surface area contributed by atoms with Gasteiger partial charge in [-0.1, -0.05) is 4.98 Å². The maximum absolute atomic E-state index is 15.1. The standard InChI is InChI=1S/C25H31F2N9O/c1-25(2)8-6-16-10-15(7-9-35(16)25)29-22-19(27)13-28-23(31-22)30-20-12-21(36-24(37)34(3)32-33-36)17(11-18(20)26)14-4-5-14/h11-16H,4-10H2,1-3H3,(H2,28,29,30,31)/p+1. The van der Waals surface area contributed by atoms with Gasteiger partial charge in [0.1, 0.15) is 11.9 Å². The van der Waals surface area contributed by atoms with Gasteiger partial charge in [0.05, 0.1) is 5.69 Å². The van der Waals surface area contributed by atoms with Crippen LogP contribution in [0, 0.1) is 11.6 Å². The predicted molar refractivity (Wildman–Crippen MR) is 133 cm³/mol. The minimum Gasteiger partial charge on any atom is -0.351 e. The fourth-order valence-corrected chi connectivity index (χ4v) is 5.84. The molecule has 196 valence electrons. The molecule has 3 aliphatic rings. The van der Waals surface area contributed by atoms with Crippen LogP contribution in [-0.4, -0.2) is 53.8 Å².